The second-order valence-corrected chi connectivity index (χ2v) is 2.99. The fourth-order valence-electron chi connectivity index (χ4n) is 0.793. The van der Waals surface area contributed by atoms with Crippen molar-refractivity contribution in [2.75, 3.05) is 0 Å². The molecule has 0 saturated heterocycles. The normalized spacial score (nSPS) is 10.5. The Morgan fingerprint density at radius 3 is 2.62 bits per heavy atom. The molecule has 0 amide bonds. The topological polar surface area (TPSA) is 50.2 Å². The van der Waals surface area contributed by atoms with E-state index < -0.39 is 23.7 Å². The van der Waals surface area contributed by atoms with E-state index in [4.69, 9.17) is 5.11 Å². The van der Waals surface area contributed by atoms with E-state index in [2.05, 4.69) is 20.9 Å². The molecule has 13 heavy (non-hydrogen) atoms. The zero-order chi connectivity index (χ0) is 10.0. The molecule has 0 aromatic carbocycles. The number of rotatable bonds is 2. The first-order valence-electron chi connectivity index (χ1n) is 3.20. The maximum atomic E-state index is 12.2. The standard InChI is InChI=1S/C7H4BrF2NO2/c8-4-2-1-3(6(9)10)5(11-4)7(12)13/h1-2,6H,(H,12,13). The van der Waals surface area contributed by atoms with Crippen LogP contribution < -0.4 is 0 Å². The zero-order valence-corrected chi connectivity index (χ0v) is 7.75. The fourth-order valence-corrected chi connectivity index (χ4v) is 1.10. The first-order chi connectivity index (χ1) is 6.02. The monoisotopic (exact) mass is 251 g/mol. The van der Waals surface area contributed by atoms with Crippen molar-refractivity contribution < 1.29 is 18.7 Å². The van der Waals surface area contributed by atoms with Crippen LogP contribution in [0.3, 0.4) is 0 Å². The van der Waals surface area contributed by atoms with E-state index in [1.54, 1.807) is 0 Å². The number of hydrogen-bond donors (Lipinski definition) is 1. The number of aromatic nitrogens is 1. The predicted octanol–water partition coefficient (Wildman–Crippen LogP) is 2.48. The second kappa shape index (κ2) is 3.78. The number of halogens is 3. The highest BCUT2D eigenvalue weighted by Crippen LogP contribution is 2.23. The molecule has 1 N–H and O–H groups in total. The summed E-state index contributed by atoms with van der Waals surface area (Å²) in [5, 5.41) is 8.52. The molecule has 0 radical (unpaired) electrons. The van der Waals surface area contributed by atoms with E-state index in [0.717, 1.165) is 6.07 Å². The minimum atomic E-state index is -2.83. The van der Waals surface area contributed by atoms with Gasteiger partial charge in [0.2, 0.25) is 0 Å². The molecule has 0 aliphatic heterocycles. The molecule has 0 spiro atoms. The summed E-state index contributed by atoms with van der Waals surface area (Å²) in [6.45, 7) is 0. The number of pyridine rings is 1. The van der Waals surface area contributed by atoms with Crippen LogP contribution in [0, 0.1) is 0 Å². The Morgan fingerprint density at radius 2 is 2.15 bits per heavy atom. The lowest BCUT2D eigenvalue weighted by Crippen LogP contribution is -2.06. The van der Waals surface area contributed by atoms with Crippen molar-refractivity contribution in [1.29, 1.82) is 0 Å². The van der Waals surface area contributed by atoms with Gasteiger partial charge < -0.3 is 5.11 Å². The van der Waals surface area contributed by atoms with Crippen LogP contribution in [0.1, 0.15) is 22.5 Å². The van der Waals surface area contributed by atoms with E-state index in [1.807, 2.05) is 0 Å². The Bertz CT molecular complexity index is 343. The first-order valence-corrected chi connectivity index (χ1v) is 3.99. The van der Waals surface area contributed by atoms with Gasteiger partial charge in [-0.15, -0.1) is 0 Å². The molecule has 0 aliphatic carbocycles. The Kier molecular flexibility index (Phi) is 2.92. The summed E-state index contributed by atoms with van der Waals surface area (Å²) in [4.78, 5) is 13.9. The number of nitrogens with zero attached hydrogens (tertiary/aromatic N) is 1. The minimum absolute atomic E-state index is 0.217. The van der Waals surface area contributed by atoms with Gasteiger partial charge in [0.15, 0.2) is 5.69 Å². The van der Waals surface area contributed by atoms with E-state index in [9.17, 15) is 13.6 Å². The molecule has 0 aliphatic rings. The molecule has 3 nitrogen and oxygen atoms in total. The average Bonchev–Trinajstić information content (AvgIpc) is 2.03. The summed E-state index contributed by atoms with van der Waals surface area (Å²) in [5.41, 5.74) is -1.19. The van der Waals surface area contributed by atoms with Crippen LogP contribution >= 0.6 is 15.9 Å². The summed E-state index contributed by atoms with van der Waals surface area (Å²) in [6.07, 6.45) is -2.83. The van der Waals surface area contributed by atoms with Gasteiger partial charge in [-0.05, 0) is 28.1 Å². The lowest BCUT2D eigenvalue weighted by molar-refractivity contribution is 0.0677. The summed E-state index contributed by atoms with van der Waals surface area (Å²) < 4.78 is 24.6. The van der Waals surface area contributed by atoms with Crippen LogP contribution in [-0.4, -0.2) is 16.1 Å². The first kappa shape index (κ1) is 10.0. The van der Waals surface area contributed by atoms with E-state index >= 15 is 0 Å². The highest BCUT2D eigenvalue weighted by molar-refractivity contribution is 9.10. The van der Waals surface area contributed by atoms with E-state index in [-0.39, 0.29) is 4.60 Å². The summed E-state index contributed by atoms with van der Waals surface area (Å²) >= 11 is 2.89. The Labute approximate surface area is 80.5 Å². The third-order valence-electron chi connectivity index (χ3n) is 1.33. The molecule has 6 heteroatoms. The third kappa shape index (κ3) is 2.21. The van der Waals surface area contributed by atoms with Gasteiger partial charge in [-0.2, -0.15) is 0 Å². The number of carbonyl (C=O) groups is 1. The van der Waals surface area contributed by atoms with Crippen LogP contribution in [0.2, 0.25) is 0 Å². The number of hydrogen-bond acceptors (Lipinski definition) is 2. The number of carboxylic acid groups (broad SMARTS) is 1. The van der Waals surface area contributed by atoms with Crippen LogP contribution in [-0.2, 0) is 0 Å². The van der Waals surface area contributed by atoms with Gasteiger partial charge in [0, 0.05) is 0 Å². The van der Waals surface area contributed by atoms with Crippen molar-refractivity contribution in [2.24, 2.45) is 0 Å². The largest absolute Gasteiger partial charge is 0.476 e. The SMILES string of the molecule is O=C(O)c1nc(Br)ccc1C(F)F. The van der Waals surface area contributed by atoms with Crippen molar-refractivity contribution in [2.45, 2.75) is 6.43 Å². The van der Waals surface area contributed by atoms with Gasteiger partial charge in [-0.25, -0.2) is 18.6 Å². The molecule has 1 aromatic rings. The van der Waals surface area contributed by atoms with Gasteiger partial charge in [0.25, 0.3) is 6.43 Å². The Hall–Kier alpha value is -1.04. The highest BCUT2D eigenvalue weighted by Gasteiger charge is 2.19. The molecular formula is C7H4BrF2NO2. The molecule has 0 saturated carbocycles. The highest BCUT2D eigenvalue weighted by atomic mass is 79.9. The molecular weight excluding hydrogens is 248 g/mol. The predicted molar refractivity (Wildman–Crippen MR) is 43.9 cm³/mol. The van der Waals surface area contributed by atoms with Crippen LogP contribution in [0.25, 0.3) is 0 Å². The third-order valence-corrected chi connectivity index (χ3v) is 1.77. The fraction of sp³-hybridized carbons (Fsp3) is 0.143. The molecule has 0 bridgehead atoms. The average molecular weight is 252 g/mol. The summed E-state index contributed by atoms with van der Waals surface area (Å²) in [6, 6.07) is 2.30. The quantitative estimate of drug-likeness (QED) is 0.822. The maximum absolute atomic E-state index is 12.2. The summed E-state index contributed by atoms with van der Waals surface area (Å²) in [7, 11) is 0. The zero-order valence-electron chi connectivity index (χ0n) is 6.17. The smallest absolute Gasteiger partial charge is 0.355 e. The lowest BCUT2D eigenvalue weighted by atomic mass is 10.2. The number of alkyl halides is 2. The van der Waals surface area contributed by atoms with Gasteiger partial charge >= 0.3 is 5.97 Å². The Morgan fingerprint density at radius 1 is 1.54 bits per heavy atom. The van der Waals surface area contributed by atoms with Gasteiger partial charge in [0.1, 0.15) is 4.60 Å². The van der Waals surface area contributed by atoms with Crippen molar-refractivity contribution in [1.82, 2.24) is 4.98 Å². The van der Waals surface area contributed by atoms with Gasteiger partial charge in [0.05, 0.1) is 5.56 Å². The molecule has 1 rings (SSSR count). The summed E-state index contributed by atoms with van der Waals surface area (Å²) in [5.74, 6) is -1.46. The number of aromatic carboxylic acids is 1. The van der Waals surface area contributed by atoms with Crippen LogP contribution in [0.4, 0.5) is 8.78 Å². The van der Waals surface area contributed by atoms with Crippen LogP contribution in [0.15, 0.2) is 16.7 Å². The number of carboxylic acids is 1. The molecule has 0 atom stereocenters. The molecule has 1 heterocycles. The molecule has 0 fully saturated rings. The maximum Gasteiger partial charge on any atom is 0.355 e. The van der Waals surface area contributed by atoms with Gasteiger partial charge in [-0.1, -0.05) is 0 Å². The van der Waals surface area contributed by atoms with Crippen LogP contribution in [0.5, 0.6) is 0 Å². The lowest BCUT2D eigenvalue weighted by Gasteiger charge is -2.03. The minimum Gasteiger partial charge on any atom is -0.476 e. The van der Waals surface area contributed by atoms with E-state index in [0.29, 0.717) is 0 Å². The molecule has 70 valence electrons. The van der Waals surface area contributed by atoms with Crippen molar-refractivity contribution in [3.63, 3.8) is 0 Å². The van der Waals surface area contributed by atoms with Crippen molar-refractivity contribution in [3.05, 3.63) is 28.0 Å². The van der Waals surface area contributed by atoms with E-state index in [1.165, 1.54) is 6.07 Å². The van der Waals surface area contributed by atoms with Gasteiger partial charge in [-0.3, -0.25) is 0 Å². The molecule has 1 aromatic heterocycles. The van der Waals surface area contributed by atoms with Crippen molar-refractivity contribution >= 4 is 21.9 Å². The Balaban J connectivity index is 3.27. The van der Waals surface area contributed by atoms with Crippen molar-refractivity contribution in [3.8, 4) is 0 Å². The molecule has 0 unspecified atom stereocenters. The second-order valence-electron chi connectivity index (χ2n) is 2.18.